The minimum Gasteiger partial charge on any atom is -0.436 e. The Morgan fingerprint density at radius 2 is 1.96 bits per heavy atom. The molecule has 1 fully saturated rings. The van der Waals surface area contributed by atoms with Crippen molar-refractivity contribution in [2.75, 3.05) is 26.2 Å². The highest BCUT2D eigenvalue weighted by molar-refractivity contribution is 7.31. The van der Waals surface area contributed by atoms with E-state index in [1.54, 1.807) is 12.1 Å². The van der Waals surface area contributed by atoms with Crippen molar-refractivity contribution in [2.45, 2.75) is 12.8 Å². The summed E-state index contributed by atoms with van der Waals surface area (Å²) in [7, 11) is 0.887. The molecule has 0 saturated carbocycles. The molecule has 5 nitrogen and oxygen atoms in total. The number of hydrogen-bond acceptors (Lipinski definition) is 4. The van der Waals surface area contributed by atoms with Gasteiger partial charge in [0.25, 0.3) is 5.91 Å². The van der Waals surface area contributed by atoms with E-state index in [2.05, 4.69) is 22.8 Å². The average molecular weight is 373 g/mol. The second-order valence-corrected chi connectivity index (χ2v) is 6.26. The van der Waals surface area contributed by atoms with Crippen LogP contribution in [-0.2, 0) is 0 Å². The van der Waals surface area contributed by atoms with Crippen molar-refractivity contribution in [3.05, 3.63) is 22.7 Å². The number of halogens is 1. The third kappa shape index (κ3) is 4.92. The monoisotopic (exact) mass is 372 g/mol. The van der Waals surface area contributed by atoms with Gasteiger partial charge in [-0.3, -0.25) is 4.79 Å². The summed E-state index contributed by atoms with van der Waals surface area (Å²) in [6, 6.07) is 3.28. The Hall–Kier alpha value is -1.12. The van der Waals surface area contributed by atoms with Gasteiger partial charge in [-0.15, -0.1) is 0 Å². The van der Waals surface area contributed by atoms with Crippen LogP contribution in [0, 0.1) is 0 Å². The molecule has 0 aliphatic carbocycles. The van der Waals surface area contributed by atoms with Gasteiger partial charge in [-0.2, -0.15) is 0 Å². The zero-order valence-electron chi connectivity index (χ0n) is 12.8. The number of carbonyl (C=O) groups excluding carboxylic acids is 1. The molecule has 0 bridgehead atoms. The van der Waals surface area contributed by atoms with Crippen LogP contribution in [0.25, 0.3) is 0 Å². The molecule has 1 aliphatic rings. The first kappa shape index (κ1) is 18.2. The summed E-state index contributed by atoms with van der Waals surface area (Å²) < 4.78 is 10.7. The molecular formula is C15H19ClN2O3P2. The fourth-order valence-corrected chi connectivity index (χ4v) is 3.36. The molecule has 0 unspecified atom stereocenters. The summed E-state index contributed by atoms with van der Waals surface area (Å²) in [6.45, 7) is 3.65. The van der Waals surface area contributed by atoms with Crippen LogP contribution in [0.15, 0.2) is 12.1 Å². The van der Waals surface area contributed by atoms with Gasteiger partial charge in [-0.1, -0.05) is 11.6 Å². The Balaban J connectivity index is 2.04. The smallest absolute Gasteiger partial charge is 0.252 e. The van der Waals surface area contributed by atoms with E-state index in [1.807, 2.05) is 0 Å². The maximum atomic E-state index is 12.3. The topological polar surface area (TPSA) is 50.8 Å². The fourth-order valence-electron chi connectivity index (χ4n) is 2.43. The Morgan fingerprint density at radius 3 is 2.61 bits per heavy atom. The molecule has 0 spiro atoms. The van der Waals surface area contributed by atoms with Gasteiger partial charge in [-0.05, 0) is 50.7 Å². The number of hydrogen-bond donors (Lipinski definition) is 1. The van der Waals surface area contributed by atoms with Crippen LogP contribution < -0.4 is 14.4 Å². The van der Waals surface area contributed by atoms with Gasteiger partial charge in [0.1, 0.15) is 21.9 Å². The number of benzene rings is 1. The summed E-state index contributed by atoms with van der Waals surface area (Å²) in [6.07, 6.45) is 9.67. The summed E-state index contributed by atoms with van der Waals surface area (Å²) in [5, 5.41) is 3.12. The lowest BCUT2D eigenvalue weighted by atomic mass is 10.2. The van der Waals surface area contributed by atoms with Gasteiger partial charge in [0.05, 0.1) is 5.56 Å². The van der Waals surface area contributed by atoms with E-state index in [0.717, 1.165) is 19.6 Å². The zero-order valence-corrected chi connectivity index (χ0v) is 15.3. The second kappa shape index (κ2) is 9.24. The largest absolute Gasteiger partial charge is 0.436 e. The van der Waals surface area contributed by atoms with Gasteiger partial charge in [0.15, 0.2) is 11.5 Å². The van der Waals surface area contributed by atoms with E-state index in [1.165, 1.54) is 12.8 Å². The first-order chi connectivity index (χ1) is 11.2. The van der Waals surface area contributed by atoms with Gasteiger partial charge in [-0.25, -0.2) is 0 Å². The van der Waals surface area contributed by atoms with Crippen molar-refractivity contribution in [3.8, 4) is 11.5 Å². The predicted molar refractivity (Wildman–Crippen MR) is 98.8 cm³/mol. The number of likely N-dealkylation sites (tertiary alicyclic amines) is 1. The molecular weight excluding hydrogens is 354 g/mol. The molecule has 1 aromatic carbocycles. The Labute approximate surface area is 144 Å². The third-order valence-electron chi connectivity index (χ3n) is 3.54. The molecule has 0 atom stereocenters. The highest BCUT2D eigenvalue weighted by Crippen LogP contribution is 2.40. The van der Waals surface area contributed by atoms with Crippen LogP contribution >= 0.6 is 28.5 Å². The summed E-state index contributed by atoms with van der Waals surface area (Å²) >= 11 is 6.30. The number of rotatable bonds is 8. The molecule has 1 aliphatic heterocycles. The van der Waals surface area contributed by atoms with E-state index in [-0.39, 0.29) is 10.9 Å². The number of amides is 1. The van der Waals surface area contributed by atoms with E-state index in [4.69, 9.17) is 20.6 Å². The second-order valence-electron chi connectivity index (χ2n) is 5.00. The van der Waals surface area contributed by atoms with Crippen molar-refractivity contribution >= 4 is 47.0 Å². The molecule has 1 N–H and O–H groups in total. The van der Waals surface area contributed by atoms with Crippen molar-refractivity contribution in [2.24, 2.45) is 0 Å². The minimum atomic E-state index is -0.224. The average Bonchev–Trinajstić information content (AvgIpc) is 3.04. The van der Waals surface area contributed by atoms with Crippen LogP contribution in [-0.4, -0.2) is 49.6 Å². The van der Waals surface area contributed by atoms with Crippen molar-refractivity contribution in [1.29, 1.82) is 0 Å². The van der Waals surface area contributed by atoms with Crippen LogP contribution in [0.5, 0.6) is 11.5 Å². The first-order valence-corrected chi connectivity index (χ1v) is 9.64. The van der Waals surface area contributed by atoms with Gasteiger partial charge in [0.2, 0.25) is 0 Å². The number of nitrogens with one attached hydrogen (secondary N) is 1. The lowest BCUT2D eigenvalue weighted by molar-refractivity contribution is 0.0949. The minimum absolute atomic E-state index is 0.223. The highest BCUT2D eigenvalue weighted by Gasteiger charge is 2.19. The van der Waals surface area contributed by atoms with Gasteiger partial charge >= 0.3 is 0 Å². The van der Waals surface area contributed by atoms with Crippen LogP contribution in [0.2, 0.25) is 5.02 Å². The predicted octanol–water partition coefficient (Wildman–Crippen LogP) is 3.51. The number of carbonyl (C=O) groups is 1. The Kier molecular flexibility index (Phi) is 7.32. The molecule has 1 aromatic rings. The van der Waals surface area contributed by atoms with E-state index >= 15 is 0 Å². The van der Waals surface area contributed by atoms with Crippen molar-refractivity contribution in [3.63, 3.8) is 0 Å². The first-order valence-electron chi connectivity index (χ1n) is 7.26. The summed E-state index contributed by atoms with van der Waals surface area (Å²) in [4.78, 5) is 14.7. The van der Waals surface area contributed by atoms with Crippen LogP contribution in [0.4, 0.5) is 0 Å². The Bertz CT molecular complexity index is 592. The van der Waals surface area contributed by atoms with Crippen LogP contribution in [0.3, 0.4) is 0 Å². The lowest BCUT2D eigenvalue weighted by Gasteiger charge is -2.15. The molecule has 8 heteroatoms. The lowest BCUT2D eigenvalue weighted by Crippen LogP contribution is -2.33. The fraction of sp³-hybridized carbons (Fsp3) is 0.400. The summed E-state index contributed by atoms with van der Waals surface area (Å²) in [5.41, 5.74) is 0.361. The number of nitrogens with zero attached hydrogens (tertiary/aromatic N) is 1. The standard InChI is InChI=1S/C15H19ClN2O3P2/c1-22-20-12-6-5-11(13(16)14(12)21-23-2)15(19)17-7-10-18-8-3-4-9-18/h5-6H,1-4,7-10H2,(H,17,19). The molecule has 0 aromatic heterocycles. The molecule has 23 heavy (non-hydrogen) atoms. The maximum absolute atomic E-state index is 12.3. The molecule has 1 heterocycles. The van der Waals surface area contributed by atoms with Crippen LogP contribution in [0.1, 0.15) is 23.2 Å². The molecule has 1 saturated heterocycles. The van der Waals surface area contributed by atoms with Gasteiger partial charge < -0.3 is 19.3 Å². The Morgan fingerprint density at radius 1 is 1.26 bits per heavy atom. The van der Waals surface area contributed by atoms with Crippen molar-refractivity contribution < 1.29 is 13.8 Å². The molecule has 124 valence electrons. The quantitative estimate of drug-likeness (QED) is 0.709. The highest BCUT2D eigenvalue weighted by atomic mass is 35.5. The maximum Gasteiger partial charge on any atom is 0.252 e. The van der Waals surface area contributed by atoms with E-state index in [0.29, 0.717) is 40.5 Å². The van der Waals surface area contributed by atoms with Gasteiger partial charge in [0, 0.05) is 13.1 Å². The van der Waals surface area contributed by atoms with E-state index in [9.17, 15) is 4.79 Å². The summed E-state index contributed by atoms with van der Waals surface area (Å²) in [5.74, 6) is 0.529. The van der Waals surface area contributed by atoms with E-state index < -0.39 is 0 Å². The molecule has 2 rings (SSSR count). The molecule has 1 amide bonds. The normalized spacial score (nSPS) is 15.0. The third-order valence-corrected chi connectivity index (χ3v) is 4.55. The molecule has 0 radical (unpaired) electrons. The SMILES string of the molecule is C=POc1ccc(C(=O)NCCN2CCCC2)c(Cl)c1OP=C. The zero-order chi connectivity index (χ0) is 16.7. The van der Waals surface area contributed by atoms with Crippen molar-refractivity contribution in [1.82, 2.24) is 10.2 Å².